The van der Waals surface area contributed by atoms with Gasteiger partial charge in [-0.3, -0.25) is 4.79 Å². The van der Waals surface area contributed by atoms with Crippen molar-refractivity contribution in [1.29, 1.82) is 0 Å². The van der Waals surface area contributed by atoms with Crippen LogP contribution in [0.1, 0.15) is 21.5 Å². The molecule has 4 nitrogen and oxygen atoms in total. The van der Waals surface area contributed by atoms with E-state index in [1.54, 1.807) is 6.07 Å². The number of nitrogens with two attached hydrogens (primary N) is 1. The number of aryl methyl sites for hydroxylation is 2. The highest BCUT2D eigenvalue weighted by Gasteiger charge is 2.18. The normalized spacial score (nSPS) is 10.4. The first-order valence-electron chi connectivity index (χ1n) is 6.54. The Balaban J connectivity index is 2.43. The topological polar surface area (TPSA) is 64.3 Å². The van der Waals surface area contributed by atoms with Crippen LogP contribution < -0.4 is 15.8 Å². The van der Waals surface area contributed by atoms with Gasteiger partial charge < -0.3 is 15.8 Å². The second-order valence-electron chi connectivity index (χ2n) is 4.97. The van der Waals surface area contributed by atoms with Gasteiger partial charge in [0.05, 0.1) is 28.5 Å². The van der Waals surface area contributed by atoms with E-state index < -0.39 is 0 Å². The number of methoxy groups -OCH3 is 1. The van der Waals surface area contributed by atoms with Gasteiger partial charge in [0.2, 0.25) is 0 Å². The standard InChI is InChI=1S/C16H16Br2N2O2/c1-8-4-9(2)14(13(19)5-8)20-16(21)11-6-10(17)7-12(18)15(11)22-3/h4-7H,19H2,1-3H3,(H,20,21). The zero-order chi connectivity index (χ0) is 16.4. The number of nitrogen functional groups attached to an aromatic ring is 1. The number of benzene rings is 2. The molecule has 1 amide bonds. The molecule has 6 heteroatoms. The van der Waals surface area contributed by atoms with Crippen LogP contribution in [0.15, 0.2) is 33.2 Å². The van der Waals surface area contributed by atoms with Crippen molar-refractivity contribution in [2.75, 3.05) is 18.2 Å². The lowest BCUT2D eigenvalue weighted by Gasteiger charge is -2.15. The van der Waals surface area contributed by atoms with E-state index in [-0.39, 0.29) is 5.91 Å². The van der Waals surface area contributed by atoms with Crippen molar-refractivity contribution >= 4 is 49.1 Å². The molecular weight excluding hydrogens is 412 g/mol. The lowest BCUT2D eigenvalue weighted by Crippen LogP contribution is -2.15. The quantitative estimate of drug-likeness (QED) is 0.699. The van der Waals surface area contributed by atoms with Crippen molar-refractivity contribution in [1.82, 2.24) is 0 Å². The molecule has 22 heavy (non-hydrogen) atoms. The Hall–Kier alpha value is -1.53. The van der Waals surface area contributed by atoms with E-state index in [9.17, 15) is 4.79 Å². The van der Waals surface area contributed by atoms with E-state index in [0.717, 1.165) is 15.6 Å². The number of amides is 1. The average molecular weight is 428 g/mol. The molecule has 2 aromatic rings. The zero-order valence-corrected chi connectivity index (χ0v) is 15.6. The summed E-state index contributed by atoms with van der Waals surface area (Å²) in [6, 6.07) is 7.33. The molecule has 0 spiro atoms. The lowest BCUT2D eigenvalue weighted by atomic mass is 10.1. The highest BCUT2D eigenvalue weighted by molar-refractivity contribution is 9.11. The fraction of sp³-hybridized carbons (Fsp3) is 0.188. The lowest BCUT2D eigenvalue weighted by molar-refractivity contribution is 0.102. The van der Waals surface area contributed by atoms with Gasteiger partial charge in [0.25, 0.3) is 5.91 Å². The summed E-state index contributed by atoms with van der Waals surface area (Å²) in [6.45, 7) is 3.87. The number of carbonyl (C=O) groups excluding carboxylic acids is 1. The molecule has 2 aromatic carbocycles. The molecule has 0 saturated heterocycles. The molecular formula is C16H16Br2N2O2. The second-order valence-corrected chi connectivity index (χ2v) is 6.74. The number of anilines is 2. The Labute approximate surface area is 146 Å². The fourth-order valence-electron chi connectivity index (χ4n) is 2.29. The second kappa shape index (κ2) is 6.71. The Morgan fingerprint density at radius 1 is 1.18 bits per heavy atom. The van der Waals surface area contributed by atoms with Gasteiger partial charge in [0.1, 0.15) is 5.75 Å². The van der Waals surface area contributed by atoms with Crippen molar-refractivity contribution < 1.29 is 9.53 Å². The number of hydrogen-bond acceptors (Lipinski definition) is 3. The van der Waals surface area contributed by atoms with E-state index >= 15 is 0 Å². The van der Waals surface area contributed by atoms with Crippen LogP contribution in [0, 0.1) is 13.8 Å². The fourth-order valence-corrected chi connectivity index (χ4v) is 3.68. The summed E-state index contributed by atoms with van der Waals surface area (Å²) in [5.41, 5.74) is 9.56. The average Bonchev–Trinajstić information content (AvgIpc) is 2.41. The third kappa shape index (κ3) is 3.44. The van der Waals surface area contributed by atoms with Crippen molar-refractivity contribution in [3.8, 4) is 5.75 Å². The molecule has 0 heterocycles. The SMILES string of the molecule is COc1c(Br)cc(Br)cc1C(=O)Nc1c(C)cc(C)cc1N. The largest absolute Gasteiger partial charge is 0.495 e. The molecule has 3 N–H and O–H groups in total. The Kier molecular flexibility index (Phi) is 5.13. The van der Waals surface area contributed by atoms with E-state index in [2.05, 4.69) is 37.2 Å². The summed E-state index contributed by atoms with van der Waals surface area (Å²) in [5, 5.41) is 2.87. The molecule has 0 saturated carbocycles. The van der Waals surface area contributed by atoms with Gasteiger partial charge >= 0.3 is 0 Å². The minimum atomic E-state index is -0.280. The van der Waals surface area contributed by atoms with Crippen molar-refractivity contribution in [2.45, 2.75) is 13.8 Å². The summed E-state index contributed by atoms with van der Waals surface area (Å²) >= 11 is 6.77. The van der Waals surface area contributed by atoms with E-state index in [4.69, 9.17) is 10.5 Å². The minimum absolute atomic E-state index is 0.280. The number of ether oxygens (including phenoxy) is 1. The summed E-state index contributed by atoms with van der Waals surface area (Å²) in [4.78, 5) is 12.6. The van der Waals surface area contributed by atoms with Gasteiger partial charge in [-0.05, 0) is 59.1 Å². The zero-order valence-electron chi connectivity index (χ0n) is 12.5. The first-order valence-corrected chi connectivity index (χ1v) is 8.13. The third-order valence-electron chi connectivity index (χ3n) is 3.21. The Bertz CT molecular complexity index is 722. The minimum Gasteiger partial charge on any atom is -0.495 e. The summed E-state index contributed by atoms with van der Waals surface area (Å²) in [7, 11) is 1.52. The smallest absolute Gasteiger partial charge is 0.259 e. The summed E-state index contributed by atoms with van der Waals surface area (Å²) < 4.78 is 6.78. The van der Waals surface area contributed by atoms with Gasteiger partial charge in [-0.25, -0.2) is 0 Å². The number of nitrogens with one attached hydrogen (secondary N) is 1. The Morgan fingerprint density at radius 2 is 1.86 bits per heavy atom. The number of rotatable bonds is 3. The predicted octanol–water partition coefficient (Wildman–Crippen LogP) is 4.67. The molecule has 0 bridgehead atoms. The predicted molar refractivity (Wildman–Crippen MR) is 96.7 cm³/mol. The third-order valence-corrected chi connectivity index (χ3v) is 4.25. The molecule has 0 aliphatic rings. The van der Waals surface area contributed by atoms with E-state index in [0.29, 0.717) is 27.2 Å². The summed E-state index contributed by atoms with van der Waals surface area (Å²) in [5.74, 6) is 0.196. The van der Waals surface area contributed by atoms with Gasteiger partial charge in [-0.1, -0.05) is 22.0 Å². The first kappa shape index (κ1) is 16.8. The van der Waals surface area contributed by atoms with Crippen LogP contribution >= 0.6 is 31.9 Å². The molecule has 0 aliphatic carbocycles. The van der Waals surface area contributed by atoms with Crippen LogP contribution in [0.2, 0.25) is 0 Å². The highest BCUT2D eigenvalue weighted by atomic mass is 79.9. The van der Waals surface area contributed by atoms with Crippen LogP contribution in [-0.4, -0.2) is 13.0 Å². The monoisotopic (exact) mass is 426 g/mol. The molecule has 0 unspecified atom stereocenters. The first-order chi connectivity index (χ1) is 10.3. The van der Waals surface area contributed by atoms with Crippen molar-refractivity contribution in [2.24, 2.45) is 0 Å². The Morgan fingerprint density at radius 3 is 2.45 bits per heavy atom. The highest BCUT2D eigenvalue weighted by Crippen LogP contribution is 2.34. The van der Waals surface area contributed by atoms with Crippen LogP contribution in [0.4, 0.5) is 11.4 Å². The van der Waals surface area contributed by atoms with Crippen molar-refractivity contribution in [3.05, 3.63) is 49.9 Å². The summed E-state index contributed by atoms with van der Waals surface area (Å²) in [6.07, 6.45) is 0. The van der Waals surface area contributed by atoms with E-state index in [1.165, 1.54) is 7.11 Å². The van der Waals surface area contributed by atoms with Crippen LogP contribution in [0.5, 0.6) is 5.75 Å². The maximum atomic E-state index is 12.6. The molecule has 0 aliphatic heterocycles. The molecule has 2 rings (SSSR count). The van der Waals surface area contributed by atoms with Gasteiger partial charge in [-0.2, -0.15) is 0 Å². The maximum absolute atomic E-state index is 12.6. The van der Waals surface area contributed by atoms with Gasteiger partial charge in [0, 0.05) is 4.47 Å². The van der Waals surface area contributed by atoms with Gasteiger partial charge in [-0.15, -0.1) is 0 Å². The van der Waals surface area contributed by atoms with Crippen LogP contribution in [0.25, 0.3) is 0 Å². The van der Waals surface area contributed by atoms with E-state index in [1.807, 2.05) is 32.0 Å². The number of carbonyl (C=O) groups is 1. The van der Waals surface area contributed by atoms with Crippen LogP contribution in [0.3, 0.4) is 0 Å². The number of hydrogen-bond donors (Lipinski definition) is 2. The van der Waals surface area contributed by atoms with Gasteiger partial charge in [0.15, 0.2) is 0 Å². The maximum Gasteiger partial charge on any atom is 0.259 e. The molecule has 0 radical (unpaired) electrons. The molecule has 0 aromatic heterocycles. The number of halogens is 2. The molecule has 116 valence electrons. The van der Waals surface area contributed by atoms with Crippen LogP contribution in [-0.2, 0) is 0 Å². The molecule has 0 fully saturated rings. The molecule has 0 atom stereocenters. The van der Waals surface area contributed by atoms with Crippen molar-refractivity contribution in [3.63, 3.8) is 0 Å².